The third-order valence-corrected chi connectivity index (χ3v) is 10.3. The van der Waals surface area contributed by atoms with Gasteiger partial charge in [0.1, 0.15) is 5.82 Å². The first-order valence-corrected chi connectivity index (χ1v) is 18.5. The summed E-state index contributed by atoms with van der Waals surface area (Å²) < 4.78 is 11.0. The molecule has 274 valence electrons. The number of benzene rings is 4. The first kappa shape index (κ1) is 38.3. The molecule has 4 aromatic carbocycles. The number of aromatic nitrogens is 4. The molecular weight excluding hydrogens is 832 g/mol. The normalized spacial score (nSPS) is 12.1. The Kier molecular flexibility index (Phi) is 10.4. The van der Waals surface area contributed by atoms with E-state index in [0.717, 1.165) is 63.1 Å². The fourth-order valence-corrected chi connectivity index (χ4v) is 7.49. The molecule has 0 aliphatic rings. The van der Waals surface area contributed by atoms with E-state index in [1.807, 2.05) is 16.9 Å². The Bertz CT molecular complexity index is 2450. The van der Waals surface area contributed by atoms with E-state index in [0.29, 0.717) is 11.5 Å². The second-order valence-corrected chi connectivity index (χ2v) is 16.2. The van der Waals surface area contributed by atoms with Crippen LogP contribution in [0.25, 0.3) is 44.4 Å². The zero-order chi connectivity index (χ0) is 37.1. The fourth-order valence-electron chi connectivity index (χ4n) is 7.49. The Morgan fingerprint density at radius 2 is 1.38 bits per heavy atom. The first-order chi connectivity index (χ1) is 24.7. The van der Waals surface area contributed by atoms with E-state index in [4.69, 9.17) is 14.8 Å². The minimum atomic E-state index is -0.132. The van der Waals surface area contributed by atoms with Gasteiger partial charge in [0.05, 0.1) is 5.69 Å². The van der Waals surface area contributed by atoms with Crippen molar-refractivity contribution < 1.29 is 25.8 Å². The minimum Gasteiger partial charge on any atom is -0.509 e. The summed E-state index contributed by atoms with van der Waals surface area (Å²) in [5, 5.41) is 7.40. The summed E-state index contributed by atoms with van der Waals surface area (Å²) in [4.78, 5) is 4.84. The zero-order valence-corrected chi connectivity index (χ0v) is 35.2. The van der Waals surface area contributed by atoms with Crippen LogP contribution >= 0.6 is 0 Å². The van der Waals surface area contributed by atoms with Crippen LogP contribution in [0.15, 0.2) is 79.0 Å². The van der Waals surface area contributed by atoms with Gasteiger partial charge in [0.2, 0.25) is 0 Å². The Morgan fingerprint density at radius 3 is 2.04 bits per heavy atom. The molecule has 0 bridgehead atoms. The van der Waals surface area contributed by atoms with Crippen LogP contribution in [-0.4, -0.2) is 19.3 Å². The van der Waals surface area contributed by atoms with Crippen LogP contribution < -0.4 is 4.74 Å². The molecule has 0 N–H and O–H groups in total. The summed E-state index contributed by atoms with van der Waals surface area (Å²) >= 11 is 0. The van der Waals surface area contributed by atoms with Crippen molar-refractivity contribution >= 4 is 21.8 Å². The summed E-state index contributed by atoms with van der Waals surface area (Å²) in [5.41, 5.74) is 13.8. The molecule has 0 spiro atoms. The second kappa shape index (κ2) is 14.4. The van der Waals surface area contributed by atoms with Crippen LogP contribution in [0.5, 0.6) is 11.5 Å². The molecule has 0 fully saturated rings. The van der Waals surface area contributed by atoms with E-state index < -0.39 is 0 Å². The molecule has 0 saturated heterocycles. The Balaban J connectivity index is 0.00000481. The number of ether oxygens (including phenoxy) is 1. The minimum absolute atomic E-state index is 0. The van der Waals surface area contributed by atoms with E-state index in [1.54, 1.807) is 0 Å². The molecule has 7 aromatic rings. The van der Waals surface area contributed by atoms with Crippen LogP contribution in [0.4, 0.5) is 0 Å². The topological polar surface area (TPSA) is 44.9 Å². The van der Waals surface area contributed by atoms with Crippen molar-refractivity contribution in [2.24, 2.45) is 0 Å². The number of para-hydroxylation sites is 1. The van der Waals surface area contributed by atoms with Gasteiger partial charge in [-0.15, -0.1) is 41.3 Å². The van der Waals surface area contributed by atoms with Gasteiger partial charge in [-0.25, -0.2) is 4.98 Å². The standard InChI is InChI=1S/C47H50N4O.Pt/c1-12-32-22-29(3)23-33(13-2)45(32)44-30(4)49-51(31(44)5)36-24-35(47(9,10)11)25-38(27-36)52-37-18-19-40-39-16-14-15-17-41(39)50(42(40)28-37)43-26-34(20-21-48-43)46(6,7)8;/h14-26H,12-13H2,1-11H3;/q-2;+2. The third-order valence-electron chi connectivity index (χ3n) is 10.3. The van der Waals surface area contributed by atoms with Crippen molar-refractivity contribution in [1.29, 1.82) is 0 Å². The van der Waals surface area contributed by atoms with E-state index >= 15 is 0 Å². The smallest absolute Gasteiger partial charge is 0.509 e. The van der Waals surface area contributed by atoms with Gasteiger partial charge in [-0.05, 0) is 96.0 Å². The van der Waals surface area contributed by atoms with E-state index in [9.17, 15) is 0 Å². The summed E-state index contributed by atoms with van der Waals surface area (Å²) in [6.07, 6.45) is 3.84. The van der Waals surface area contributed by atoms with Crippen LogP contribution in [0.3, 0.4) is 0 Å². The quantitative estimate of drug-likeness (QED) is 0.150. The molecule has 7 rings (SSSR count). The number of aryl methyl sites for hydroxylation is 4. The van der Waals surface area contributed by atoms with Gasteiger partial charge in [-0.2, -0.15) is 11.2 Å². The summed E-state index contributed by atoms with van der Waals surface area (Å²) in [6.45, 7) is 24.3. The molecule has 5 nitrogen and oxygen atoms in total. The van der Waals surface area contributed by atoms with Gasteiger partial charge in [-0.3, -0.25) is 4.68 Å². The van der Waals surface area contributed by atoms with Crippen molar-refractivity contribution in [3.8, 4) is 34.1 Å². The predicted octanol–water partition coefficient (Wildman–Crippen LogP) is 12.1. The van der Waals surface area contributed by atoms with Crippen molar-refractivity contribution in [2.45, 2.75) is 99.8 Å². The van der Waals surface area contributed by atoms with Crippen LogP contribution in [-0.2, 0) is 44.7 Å². The average molecular weight is 882 g/mol. The molecule has 3 heterocycles. The number of fused-ring (bicyclic) bond motifs is 3. The Hall–Kier alpha value is -4.47. The van der Waals surface area contributed by atoms with Crippen LogP contribution in [0, 0.1) is 32.9 Å². The number of rotatable bonds is 7. The maximum Gasteiger partial charge on any atom is 2.00 e. The maximum absolute atomic E-state index is 6.71. The third kappa shape index (κ3) is 7.13. The number of pyridine rings is 1. The maximum atomic E-state index is 6.71. The molecule has 0 atom stereocenters. The van der Waals surface area contributed by atoms with E-state index in [2.05, 4.69) is 160 Å². The molecule has 0 saturated carbocycles. The summed E-state index contributed by atoms with van der Waals surface area (Å²) in [6, 6.07) is 33.1. The molecule has 0 amide bonds. The molecule has 6 heteroatoms. The van der Waals surface area contributed by atoms with Crippen molar-refractivity contribution in [3.63, 3.8) is 0 Å². The summed E-state index contributed by atoms with van der Waals surface area (Å²) in [7, 11) is 0. The SMILES string of the molecule is CCc1cc(C)cc(CC)c1-c1c(C)nn(-c2[c-]c(Oc3[c-]c4c(cc3)c3ccccc3n4-c3cc(C(C)(C)C)ccn3)cc(C(C)(C)C)c2)c1C.[Pt+2]. The number of hydrogen-bond acceptors (Lipinski definition) is 3. The van der Waals surface area contributed by atoms with Crippen molar-refractivity contribution in [2.75, 3.05) is 0 Å². The molecule has 3 aromatic heterocycles. The van der Waals surface area contributed by atoms with Crippen LogP contribution in [0.2, 0.25) is 0 Å². The van der Waals surface area contributed by atoms with Gasteiger partial charge in [0.25, 0.3) is 0 Å². The van der Waals surface area contributed by atoms with E-state index in [1.165, 1.54) is 33.4 Å². The molecule has 0 aliphatic carbocycles. The predicted molar refractivity (Wildman–Crippen MR) is 216 cm³/mol. The molecule has 0 aliphatic heterocycles. The van der Waals surface area contributed by atoms with Crippen LogP contribution in [0.1, 0.15) is 94.6 Å². The average Bonchev–Trinajstić information content (AvgIpc) is 3.59. The monoisotopic (exact) mass is 881 g/mol. The van der Waals surface area contributed by atoms with Gasteiger partial charge in [-0.1, -0.05) is 96.8 Å². The molecule has 53 heavy (non-hydrogen) atoms. The van der Waals surface area contributed by atoms with Gasteiger partial charge in [0, 0.05) is 34.5 Å². The number of hydrogen-bond donors (Lipinski definition) is 0. The molecule has 0 unspecified atom stereocenters. The van der Waals surface area contributed by atoms with Gasteiger partial charge in [0.15, 0.2) is 0 Å². The Morgan fingerprint density at radius 1 is 0.698 bits per heavy atom. The van der Waals surface area contributed by atoms with Gasteiger partial charge >= 0.3 is 21.1 Å². The fraction of sp³-hybridized carbons (Fsp3) is 0.319. The van der Waals surface area contributed by atoms with Gasteiger partial charge < -0.3 is 9.30 Å². The first-order valence-electron chi connectivity index (χ1n) is 18.5. The van der Waals surface area contributed by atoms with E-state index in [-0.39, 0.29) is 31.9 Å². The van der Waals surface area contributed by atoms with Crippen molar-refractivity contribution in [1.82, 2.24) is 19.3 Å². The zero-order valence-electron chi connectivity index (χ0n) is 32.9. The number of nitrogens with zero attached hydrogens (tertiary/aromatic N) is 4. The Labute approximate surface area is 329 Å². The second-order valence-electron chi connectivity index (χ2n) is 16.2. The molecule has 0 radical (unpaired) electrons. The largest absolute Gasteiger partial charge is 2.00 e. The van der Waals surface area contributed by atoms with Crippen molar-refractivity contribution in [3.05, 3.63) is 130 Å². The summed E-state index contributed by atoms with van der Waals surface area (Å²) in [5.74, 6) is 2.11. The molecular formula is C47H50N4OPt.